The van der Waals surface area contributed by atoms with Gasteiger partial charge in [-0.2, -0.15) is 0 Å². The van der Waals surface area contributed by atoms with Crippen molar-refractivity contribution in [1.82, 2.24) is 0 Å². The van der Waals surface area contributed by atoms with Gasteiger partial charge in [-0.1, -0.05) is 12.1 Å². The molecule has 0 atom stereocenters. The van der Waals surface area contributed by atoms with Crippen LogP contribution >= 0.6 is 0 Å². The van der Waals surface area contributed by atoms with Crippen LogP contribution in [0.15, 0.2) is 41.0 Å². The van der Waals surface area contributed by atoms with E-state index in [1.54, 1.807) is 6.07 Å². The fraction of sp³-hybridized carbons (Fsp3) is 0.0833. The second-order valence-electron chi connectivity index (χ2n) is 3.46. The van der Waals surface area contributed by atoms with Crippen molar-refractivity contribution in [3.05, 3.63) is 52.3 Å². The molecule has 0 radical (unpaired) electrons. The predicted molar refractivity (Wildman–Crippen MR) is 62.1 cm³/mol. The van der Waals surface area contributed by atoms with Crippen LogP contribution in [0.4, 0.5) is 5.69 Å². The zero-order chi connectivity index (χ0) is 13.1. The van der Waals surface area contributed by atoms with E-state index in [4.69, 9.17) is 4.42 Å². The minimum absolute atomic E-state index is 0.0697. The molecule has 0 aliphatic heterocycles. The highest BCUT2D eigenvalue weighted by atomic mass is 16.6. The Kier molecular flexibility index (Phi) is 3.09. The van der Waals surface area contributed by atoms with Crippen molar-refractivity contribution in [1.29, 1.82) is 0 Å². The highest BCUT2D eigenvalue weighted by Crippen LogP contribution is 2.28. The molecule has 2 rings (SSSR count). The standard InChI is InChI=1S/C12H9NO5/c1-17-12(14)10-5-6-18-11(10)8-3-2-4-9(7-8)13(15)16/h2-7H,1H3. The van der Waals surface area contributed by atoms with Gasteiger partial charge in [-0.25, -0.2) is 4.79 Å². The quantitative estimate of drug-likeness (QED) is 0.473. The molecule has 0 saturated carbocycles. The summed E-state index contributed by atoms with van der Waals surface area (Å²) in [5.74, 6) is -0.296. The van der Waals surface area contributed by atoms with E-state index in [0.29, 0.717) is 5.56 Å². The lowest BCUT2D eigenvalue weighted by molar-refractivity contribution is -0.384. The highest BCUT2D eigenvalue weighted by molar-refractivity contribution is 5.95. The Morgan fingerprint density at radius 3 is 2.83 bits per heavy atom. The molecule has 6 nitrogen and oxygen atoms in total. The van der Waals surface area contributed by atoms with Crippen molar-refractivity contribution < 1.29 is 18.9 Å². The van der Waals surface area contributed by atoms with E-state index in [9.17, 15) is 14.9 Å². The largest absolute Gasteiger partial charge is 0.465 e. The maximum atomic E-state index is 11.5. The van der Waals surface area contributed by atoms with Crippen LogP contribution in [0.5, 0.6) is 0 Å². The number of carbonyl (C=O) groups is 1. The van der Waals surface area contributed by atoms with Crippen molar-refractivity contribution in [3.8, 4) is 11.3 Å². The second-order valence-corrected chi connectivity index (χ2v) is 3.46. The Labute approximate surface area is 102 Å². The van der Waals surface area contributed by atoms with Crippen molar-refractivity contribution in [2.75, 3.05) is 7.11 Å². The van der Waals surface area contributed by atoms with Gasteiger partial charge in [-0.15, -0.1) is 0 Å². The van der Waals surface area contributed by atoms with Crippen LogP contribution in [0.25, 0.3) is 11.3 Å². The Hall–Kier alpha value is -2.63. The van der Waals surface area contributed by atoms with Gasteiger partial charge in [0.05, 0.1) is 18.3 Å². The van der Waals surface area contributed by atoms with Gasteiger partial charge in [0, 0.05) is 17.7 Å². The van der Waals surface area contributed by atoms with E-state index in [1.807, 2.05) is 0 Å². The van der Waals surface area contributed by atoms with Gasteiger partial charge in [0.15, 0.2) is 0 Å². The summed E-state index contributed by atoms with van der Waals surface area (Å²) in [5.41, 5.74) is 0.618. The Bertz CT molecular complexity index is 602. The highest BCUT2D eigenvalue weighted by Gasteiger charge is 2.18. The molecule has 92 valence electrons. The molecule has 0 spiro atoms. The van der Waals surface area contributed by atoms with Gasteiger partial charge >= 0.3 is 5.97 Å². The third-order valence-electron chi connectivity index (χ3n) is 2.39. The first-order valence-corrected chi connectivity index (χ1v) is 5.04. The zero-order valence-corrected chi connectivity index (χ0v) is 9.45. The first-order chi connectivity index (χ1) is 8.63. The topological polar surface area (TPSA) is 82.6 Å². The van der Waals surface area contributed by atoms with Crippen molar-refractivity contribution >= 4 is 11.7 Å². The number of rotatable bonds is 3. The third kappa shape index (κ3) is 2.08. The molecule has 1 aromatic heterocycles. The molecule has 18 heavy (non-hydrogen) atoms. The van der Waals surface area contributed by atoms with Gasteiger partial charge in [0.25, 0.3) is 5.69 Å². The monoisotopic (exact) mass is 247 g/mol. The molecule has 0 aliphatic carbocycles. The molecule has 0 N–H and O–H groups in total. The number of methoxy groups -OCH3 is 1. The Morgan fingerprint density at radius 1 is 1.39 bits per heavy atom. The lowest BCUT2D eigenvalue weighted by atomic mass is 10.1. The molecular weight excluding hydrogens is 238 g/mol. The predicted octanol–water partition coefficient (Wildman–Crippen LogP) is 2.64. The summed E-state index contributed by atoms with van der Waals surface area (Å²) < 4.78 is 9.79. The van der Waals surface area contributed by atoms with E-state index >= 15 is 0 Å². The summed E-state index contributed by atoms with van der Waals surface area (Å²) >= 11 is 0. The van der Waals surface area contributed by atoms with Gasteiger partial charge in [0.2, 0.25) is 0 Å². The van der Waals surface area contributed by atoms with Gasteiger partial charge in [-0.3, -0.25) is 10.1 Å². The number of benzene rings is 1. The number of nitro benzene ring substituents is 1. The number of ether oxygens (including phenoxy) is 1. The van der Waals surface area contributed by atoms with Crippen LogP contribution in [0.3, 0.4) is 0 Å². The average molecular weight is 247 g/mol. The summed E-state index contributed by atoms with van der Waals surface area (Å²) in [6.45, 7) is 0. The fourth-order valence-electron chi connectivity index (χ4n) is 1.56. The molecule has 6 heteroatoms. The van der Waals surface area contributed by atoms with Crippen LogP contribution < -0.4 is 0 Å². The molecule has 2 aromatic rings. The minimum atomic E-state index is -0.551. The van der Waals surface area contributed by atoms with E-state index in [1.165, 1.54) is 37.6 Å². The Morgan fingerprint density at radius 2 is 2.17 bits per heavy atom. The van der Waals surface area contributed by atoms with Crippen LogP contribution in [0.2, 0.25) is 0 Å². The van der Waals surface area contributed by atoms with Crippen LogP contribution in [0.1, 0.15) is 10.4 Å². The average Bonchev–Trinajstić information content (AvgIpc) is 2.87. The fourth-order valence-corrected chi connectivity index (χ4v) is 1.56. The summed E-state index contributed by atoms with van der Waals surface area (Å²) in [6.07, 6.45) is 1.33. The van der Waals surface area contributed by atoms with Crippen molar-refractivity contribution in [2.24, 2.45) is 0 Å². The summed E-state index contributed by atoms with van der Waals surface area (Å²) in [6, 6.07) is 7.31. The molecule has 0 saturated heterocycles. The number of carbonyl (C=O) groups excluding carboxylic acids is 1. The van der Waals surface area contributed by atoms with Gasteiger partial charge < -0.3 is 9.15 Å². The maximum Gasteiger partial charge on any atom is 0.341 e. The second kappa shape index (κ2) is 4.70. The van der Waals surface area contributed by atoms with Crippen LogP contribution in [0, 0.1) is 10.1 Å². The smallest absolute Gasteiger partial charge is 0.341 e. The zero-order valence-electron chi connectivity index (χ0n) is 9.45. The normalized spacial score (nSPS) is 10.1. The summed E-state index contributed by atoms with van der Waals surface area (Å²) in [4.78, 5) is 21.6. The minimum Gasteiger partial charge on any atom is -0.465 e. The number of hydrogen-bond acceptors (Lipinski definition) is 5. The van der Waals surface area contributed by atoms with Crippen LogP contribution in [-0.2, 0) is 4.74 Å². The van der Waals surface area contributed by atoms with Crippen molar-refractivity contribution in [2.45, 2.75) is 0 Å². The summed E-state index contributed by atoms with van der Waals surface area (Å²) in [5, 5.41) is 10.7. The molecule has 1 heterocycles. The molecule has 0 amide bonds. The van der Waals surface area contributed by atoms with Crippen molar-refractivity contribution in [3.63, 3.8) is 0 Å². The lowest BCUT2D eigenvalue weighted by Crippen LogP contribution is -2.01. The number of nitro groups is 1. The van der Waals surface area contributed by atoms with Gasteiger partial charge in [-0.05, 0) is 6.07 Å². The number of furan rings is 1. The summed E-state index contributed by atoms with van der Waals surface area (Å²) in [7, 11) is 1.26. The molecule has 0 aliphatic rings. The van der Waals surface area contributed by atoms with E-state index < -0.39 is 10.9 Å². The first-order valence-electron chi connectivity index (χ1n) is 5.04. The van der Waals surface area contributed by atoms with Crippen LogP contribution in [-0.4, -0.2) is 18.0 Å². The lowest BCUT2D eigenvalue weighted by Gasteiger charge is -2.01. The molecule has 0 fully saturated rings. The number of esters is 1. The van der Waals surface area contributed by atoms with E-state index in [0.717, 1.165) is 0 Å². The Balaban J connectivity index is 2.49. The number of hydrogen-bond donors (Lipinski definition) is 0. The van der Waals surface area contributed by atoms with Gasteiger partial charge in [0.1, 0.15) is 11.3 Å². The first kappa shape index (κ1) is 11.8. The molecular formula is C12H9NO5. The van der Waals surface area contributed by atoms with E-state index in [-0.39, 0.29) is 17.0 Å². The SMILES string of the molecule is COC(=O)c1ccoc1-c1cccc([N+](=O)[O-])c1. The molecule has 0 bridgehead atoms. The third-order valence-corrected chi connectivity index (χ3v) is 2.39. The number of non-ortho nitro benzene ring substituents is 1. The number of nitrogens with zero attached hydrogens (tertiary/aromatic N) is 1. The molecule has 1 aromatic carbocycles. The molecule has 0 unspecified atom stereocenters. The maximum absolute atomic E-state index is 11.5. The van der Waals surface area contributed by atoms with E-state index in [2.05, 4.69) is 4.74 Å².